The average Bonchev–Trinajstić information content (AvgIpc) is 2.20. The van der Waals surface area contributed by atoms with Crippen molar-refractivity contribution in [1.29, 1.82) is 0 Å². The van der Waals surface area contributed by atoms with Crippen LogP contribution >= 0.6 is 0 Å². The van der Waals surface area contributed by atoms with Gasteiger partial charge in [0.25, 0.3) is 0 Å². The van der Waals surface area contributed by atoms with E-state index in [1.807, 2.05) is 26.3 Å². The SMILES string of the molecule is CCCC=Nc1c(NC)ccnc1C. The summed E-state index contributed by atoms with van der Waals surface area (Å²) in [4.78, 5) is 8.63. The Bertz CT molecular complexity index is 318. The van der Waals surface area contributed by atoms with E-state index in [2.05, 4.69) is 22.2 Å². The molecule has 3 nitrogen and oxygen atoms in total. The third-order valence-electron chi connectivity index (χ3n) is 2.01. The minimum Gasteiger partial charge on any atom is -0.386 e. The van der Waals surface area contributed by atoms with Gasteiger partial charge >= 0.3 is 0 Å². The third-order valence-corrected chi connectivity index (χ3v) is 2.01. The third kappa shape index (κ3) is 2.55. The highest BCUT2D eigenvalue weighted by atomic mass is 14.9. The molecule has 0 fully saturated rings. The van der Waals surface area contributed by atoms with Crippen molar-refractivity contribution in [1.82, 2.24) is 4.98 Å². The van der Waals surface area contributed by atoms with Crippen molar-refractivity contribution < 1.29 is 0 Å². The van der Waals surface area contributed by atoms with Crippen molar-refractivity contribution >= 4 is 17.6 Å². The zero-order valence-corrected chi connectivity index (χ0v) is 9.04. The van der Waals surface area contributed by atoms with Gasteiger partial charge in [0.1, 0.15) is 5.69 Å². The van der Waals surface area contributed by atoms with Gasteiger partial charge in [-0.2, -0.15) is 0 Å². The summed E-state index contributed by atoms with van der Waals surface area (Å²) in [5.41, 5.74) is 2.94. The number of hydrogen-bond acceptors (Lipinski definition) is 3. The van der Waals surface area contributed by atoms with E-state index in [0.29, 0.717) is 0 Å². The molecule has 0 aliphatic rings. The van der Waals surface area contributed by atoms with Gasteiger partial charge in [-0.25, -0.2) is 0 Å². The highest BCUT2D eigenvalue weighted by Gasteiger charge is 2.01. The number of unbranched alkanes of at least 4 members (excludes halogenated alkanes) is 1. The number of pyridine rings is 1. The van der Waals surface area contributed by atoms with Gasteiger partial charge in [-0.3, -0.25) is 9.98 Å². The maximum atomic E-state index is 4.42. The normalized spacial score (nSPS) is 10.8. The second-order valence-corrected chi connectivity index (χ2v) is 3.14. The maximum Gasteiger partial charge on any atom is 0.107 e. The first-order chi connectivity index (χ1) is 6.79. The highest BCUT2D eigenvalue weighted by Crippen LogP contribution is 2.26. The van der Waals surface area contributed by atoms with Gasteiger partial charge in [0.2, 0.25) is 0 Å². The van der Waals surface area contributed by atoms with Crippen molar-refractivity contribution in [2.75, 3.05) is 12.4 Å². The molecule has 0 spiro atoms. The number of hydrogen-bond donors (Lipinski definition) is 1. The number of aromatic nitrogens is 1. The second-order valence-electron chi connectivity index (χ2n) is 3.14. The van der Waals surface area contributed by atoms with E-state index in [1.54, 1.807) is 6.20 Å². The molecule has 1 aromatic heterocycles. The minimum atomic E-state index is 0.948. The standard InChI is InChI=1S/C11H17N3/c1-4-5-7-14-11-9(2)13-8-6-10(11)12-3/h6-8H,4-5H2,1-3H3,(H,12,13). The summed E-state index contributed by atoms with van der Waals surface area (Å²) in [6.45, 7) is 4.11. The molecule has 0 saturated carbocycles. The summed E-state index contributed by atoms with van der Waals surface area (Å²) in [7, 11) is 1.90. The molecule has 0 bridgehead atoms. The highest BCUT2D eigenvalue weighted by molar-refractivity contribution is 5.73. The van der Waals surface area contributed by atoms with Crippen LogP contribution in [0.1, 0.15) is 25.5 Å². The van der Waals surface area contributed by atoms with Crippen molar-refractivity contribution in [2.45, 2.75) is 26.7 Å². The fraction of sp³-hybridized carbons (Fsp3) is 0.455. The Morgan fingerprint density at radius 2 is 2.36 bits per heavy atom. The average molecular weight is 191 g/mol. The Kier molecular flexibility index (Phi) is 4.11. The van der Waals surface area contributed by atoms with Gasteiger partial charge in [-0.1, -0.05) is 13.3 Å². The van der Waals surface area contributed by atoms with Crippen LogP contribution in [-0.2, 0) is 0 Å². The summed E-state index contributed by atoms with van der Waals surface area (Å²) in [5.74, 6) is 0. The molecule has 0 unspecified atom stereocenters. The van der Waals surface area contributed by atoms with E-state index < -0.39 is 0 Å². The Morgan fingerprint density at radius 3 is 3.00 bits per heavy atom. The van der Waals surface area contributed by atoms with Crippen LogP contribution in [-0.4, -0.2) is 18.2 Å². The van der Waals surface area contributed by atoms with Crippen LogP contribution in [0.15, 0.2) is 17.3 Å². The number of nitrogens with zero attached hydrogens (tertiary/aromatic N) is 2. The molecule has 1 heterocycles. The lowest BCUT2D eigenvalue weighted by atomic mass is 10.2. The van der Waals surface area contributed by atoms with Crippen molar-refractivity contribution in [2.24, 2.45) is 4.99 Å². The number of nitrogens with one attached hydrogen (secondary N) is 1. The molecule has 0 radical (unpaired) electrons. The summed E-state index contributed by atoms with van der Waals surface area (Å²) in [6, 6.07) is 1.94. The fourth-order valence-electron chi connectivity index (χ4n) is 1.21. The van der Waals surface area contributed by atoms with E-state index in [9.17, 15) is 0 Å². The lowest BCUT2D eigenvalue weighted by molar-refractivity contribution is 1.01. The lowest BCUT2D eigenvalue weighted by Crippen LogP contribution is -1.92. The molecule has 0 atom stereocenters. The molecule has 76 valence electrons. The summed E-state index contributed by atoms with van der Waals surface area (Å²) < 4.78 is 0. The van der Waals surface area contributed by atoms with Crippen LogP contribution in [0.25, 0.3) is 0 Å². The second kappa shape index (κ2) is 5.37. The predicted molar refractivity (Wildman–Crippen MR) is 61.6 cm³/mol. The number of aliphatic imine (C=N–C) groups is 1. The molecule has 0 aromatic carbocycles. The smallest absolute Gasteiger partial charge is 0.107 e. The fourth-order valence-corrected chi connectivity index (χ4v) is 1.21. The van der Waals surface area contributed by atoms with Crippen LogP contribution in [0.3, 0.4) is 0 Å². The molecule has 1 N–H and O–H groups in total. The van der Waals surface area contributed by atoms with Gasteiger partial charge in [0, 0.05) is 19.5 Å². The molecule has 0 aliphatic carbocycles. The topological polar surface area (TPSA) is 37.3 Å². The van der Waals surface area contributed by atoms with Gasteiger partial charge in [-0.15, -0.1) is 0 Å². The van der Waals surface area contributed by atoms with E-state index >= 15 is 0 Å². The number of anilines is 1. The first-order valence-corrected chi connectivity index (χ1v) is 4.95. The Balaban J connectivity index is 2.93. The van der Waals surface area contributed by atoms with E-state index in [4.69, 9.17) is 0 Å². The molecular formula is C11H17N3. The molecule has 1 aromatic rings. The Hall–Kier alpha value is -1.38. The maximum absolute atomic E-state index is 4.42. The summed E-state index contributed by atoms with van der Waals surface area (Å²) >= 11 is 0. The van der Waals surface area contributed by atoms with Crippen LogP contribution < -0.4 is 5.32 Å². The van der Waals surface area contributed by atoms with Gasteiger partial charge in [0.15, 0.2) is 0 Å². The Labute approximate surface area is 85.3 Å². The van der Waals surface area contributed by atoms with Gasteiger partial charge in [-0.05, 0) is 19.4 Å². The summed E-state index contributed by atoms with van der Waals surface area (Å²) in [6.07, 6.45) is 5.88. The molecule has 14 heavy (non-hydrogen) atoms. The van der Waals surface area contributed by atoms with E-state index in [1.165, 1.54) is 0 Å². The molecule has 1 rings (SSSR count). The van der Waals surface area contributed by atoms with Crippen molar-refractivity contribution in [3.05, 3.63) is 18.0 Å². The lowest BCUT2D eigenvalue weighted by Gasteiger charge is -2.06. The largest absolute Gasteiger partial charge is 0.386 e. The van der Waals surface area contributed by atoms with Crippen molar-refractivity contribution in [3.8, 4) is 0 Å². The molecule has 0 aliphatic heterocycles. The van der Waals surface area contributed by atoms with E-state index in [-0.39, 0.29) is 0 Å². The Morgan fingerprint density at radius 1 is 1.57 bits per heavy atom. The summed E-state index contributed by atoms with van der Waals surface area (Å²) in [5, 5.41) is 3.11. The van der Waals surface area contributed by atoms with Crippen LogP contribution in [0.2, 0.25) is 0 Å². The van der Waals surface area contributed by atoms with Gasteiger partial charge in [0.05, 0.1) is 11.4 Å². The minimum absolute atomic E-state index is 0.948. The van der Waals surface area contributed by atoms with E-state index in [0.717, 1.165) is 29.9 Å². The van der Waals surface area contributed by atoms with Crippen LogP contribution in [0.5, 0.6) is 0 Å². The quantitative estimate of drug-likeness (QED) is 0.743. The molecule has 3 heteroatoms. The number of aryl methyl sites for hydroxylation is 1. The number of rotatable bonds is 4. The molecule has 0 saturated heterocycles. The zero-order valence-electron chi connectivity index (χ0n) is 9.04. The first-order valence-electron chi connectivity index (χ1n) is 4.95. The zero-order chi connectivity index (χ0) is 10.4. The monoisotopic (exact) mass is 191 g/mol. The molecular weight excluding hydrogens is 174 g/mol. The first kappa shape index (κ1) is 10.7. The van der Waals surface area contributed by atoms with Crippen molar-refractivity contribution in [3.63, 3.8) is 0 Å². The predicted octanol–water partition coefficient (Wildman–Crippen LogP) is 2.93. The molecule has 0 amide bonds. The van der Waals surface area contributed by atoms with Gasteiger partial charge < -0.3 is 5.32 Å². The van der Waals surface area contributed by atoms with Crippen LogP contribution in [0.4, 0.5) is 11.4 Å². The van der Waals surface area contributed by atoms with Crippen LogP contribution in [0, 0.1) is 6.92 Å².